The smallest absolute Gasteiger partial charge is 0.410 e. The lowest BCUT2D eigenvalue weighted by atomic mass is 10.1. The van der Waals surface area contributed by atoms with E-state index in [1.165, 1.54) is 11.0 Å². The molecule has 1 heterocycles. The van der Waals surface area contributed by atoms with Gasteiger partial charge in [0, 0.05) is 18.7 Å². The van der Waals surface area contributed by atoms with E-state index < -0.39 is 12.1 Å². The maximum Gasteiger partial charge on any atom is 0.420 e. The molecule has 1 aliphatic rings. The number of nitrogens with one attached hydrogen (secondary N) is 2. The summed E-state index contributed by atoms with van der Waals surface area (Å²) in [6.07, 6.45) is -0.676. The fourth-order valence-electron chi connectivity index (χ4n) is 2.73. The van der Waals surface area contributed by atoms with Gasteiger partial charge in [0.2, 0.25) is 5.91 Å². The molecular weight excluding hydrogens is 348 g/mol. The van der Waals surface area contributed by atoms with Crippen LogP contribution in [0.3, 0.4) is 0 Å². The molecule has 1 atom stereocenters. The largest absolute Gasteiger partial charge is 0.420 e. The summed E-state index contributed by atoms with van der Waals surface area (Å²) in [5.74, 6) is -0.304. The van der Waals surface area contributed by atoms with Gasteiger partial charge >= 0.3 is 6.09 Å². The summed E-state index contributed by atoms with van der Waals surface area (Å²) in [6.45, 7) is 2.27. The molecule has 3 amide bonds. The van der Waals surface area contributed by atoms with Crippen molar-refractivity contribution in [2.24, 2.45) is 5.73 Å². The van der Waals surface area contributed by atoms with E-state index >= 15 is 0 Å². The van der Waals surface area contributed by atoms with Crippen LogP contribution in [0.15, 0.2) is 48.5 Å². The van der Waals surface area contributed by atoms with Crippen LogP contribution in [0.2, 0.25) is 0 Å². The third-order valence-corrected chi connectivity index (χ3v) is 4.12. The Kier molecular flexibility index (Phi) is 5.37. The summed E-state index contributed by atoms with van der Waals surface area (Å²) < 4.78 is 5.37. The number of anilines is 2. The summed E-state index contributed by atoms with van der Waals surface area (Å²) in [7, 11) is 0. The zero-order valence-corrected chi connectivity index (χ0v) is 14.8. The van der Waals surface area contributed by atoms with Crippen LogP contribution in [0.5, 0.6) is 5.75 Å². The predicted molar refractivity (Wildman–Crippen MR) is 101 cm³/mol. The van der Waals surface area contributed by atoms with Crippen LogP contribution in [0.25, 0.3) is 0 Å². The predicted octanol–water partition coefficient (Wildman–Crippen LogP) is 1.72. The van der Waals surface area contributed by atoms with E-state index in [-0.39, 0.29) is 11.8 Å². The van der Waals surface area contributed by atoms with Crippen molar-refractivity contribution in [3.8, 4) is 5.75 Å². The van der Waals surface area contributed by atoms with Crippen molar-refractivity contribution in [1.82, 2.24) is 5.32 Å². The minimum atomic E-state index is -0.759. The second kappa shape index (κ2) is 7.88. The Hall–Kier alpha value is -3.39. The molecule has 0 aromatic heterocycles. The van der Waals surface area contributed by atoms with Crippen LogP contribution < -0.4 is 26.0 Å². The highest BCUT2D eigenvalue weighted by Gasteiger charge is 2.35. The summed E-state index contributed by atoms with van der Waals surface area (Å²) in [4.78, 5) is 38.4. The molecule has 0 aliphatic carbocycles. The van der Waals surface area contributed by atoms with Gasteiger partial charge in [-0.1, -0.05) is 18.2 Å². The molecule has 8 heteroatoms. The van der Waals surface area contributed by atoms with Gasteiger partial charge in [-0.15, -0.1) is 0 Å². The number of carbonyl (C=O) groups excluding carboxylic acids is 3. The number of hydrogen-bond acceptors (Lipinski definition) is 5. The minimum Gasteiger partial charge on any atom is -0.410 e. The van der Waals surface area contributed by atoms with E-state index in [9.17, 15) is 14.4 Å². The van der Waals surface area contributed by atoms with E-state index in [0.717, 1.165) is 0 Å². The van der Waals surface area contributed by atoms with Crippen molar-refractivity contribution in [1.29, 1.82) is 0 Å². The summed E-state index contributed by atoms with van der Waals surface area (Å²) in [5.41, 5.74) is 6.56. The topological polar surface area (TPSA) is 114 Å². The number of nitrogens with two attached hydrogens (primary N) is 1. The first-order valence-corrected chi connectivity index (χ1v) is 8.50. The van der Waals surface area contributed by atoms with Crippen LogP contribution in [-0.4, -0.2) is 37.0 Å². The molecule has 1 aliphatic heterocycles. The van der Waals surface area contributed by atoms with Gasteiger partial charge < -0.3 is 21.1 Å². The first-order chi connectivity index (χ1) is 13.0. The number of benzene rings is 2. The maximum atomic E-state index is 12.7. The van der Waals surface area contributed by atoms with Gasteiger partial charge in [0.25, 0.3) is 5.91 Å². The molecule has 27 heavy (non-hydrogen) atoms. The lowest BCUT2D eigenvalue weighted by Gasteiger charge is -2.33. The van der Waals surface area contributed by atoms with Crippen molar-refractivity contribution in [2.45, 2.75) is 13.0 Å². The summed E-state index contributed by atoms with van der Waals surface area (Å²) in [6, 6.07) is 12.5. The van der Waals surface area contributed by atoms with Gasteiger partial charge in [0.05, 0.1) is 11.4 Å². The molecular formula is C19H20N4O4. The Bertz CT molecular complexity index is 869. The first kappa shape index (κ1) is 18.4. The molecule has 140 valence electrons. The van der Waals surface area contributed by atoms with Gasteiger partial charge in [0.1, 0.15) is 11.8 Å². The fourth-order valence-corrected chi connectivity index (χ4v) is 2.73. The third kappa shape index (κ3) is 3.90. The molecule has 8 nitrogen and oxygen atoms in total. The highest BCUT2D eigenvalue weighted by atomic mass is 16.6. The number of nitrogens with zero attached hydrogens (tertiary/aromatic N) is 1. The van der Waals surface area contributed by atoms with Crippen LogP contribution in [0.4, 0.5) is 16.2 Å². The van der Waals surface area contributed by atoms with Crippen LogP contribution >= 0.6 is 0 Å². The van der Waals surface area contributed by atoms with Crippen LogP contribution in [-0.2, 0) is 4.79 Å². The average molecular weight is 368 g/mol. The number of ether oxygens (including phenoxy) is 1. The van der Waals surface area contributed by atoms with E-state index in [1.807, 2.05) is 0 Å². The quantitative estimate of drug-likeness (QED) is 0.760. The van der Waals surface area contributed by atoms with E-state index in [4.69, 9.17) is 10.5 Å². The molecule has 0 radical (unpaired) electrons. The van der Waals surface area contributed by atoms with Crippen LogP contribution in [0.1, 0.15) is 17.3 Å². The standard InChI is InChI=1S/C19H20N4O4/c1-12-17(24)22-15-11-13(18(25)21-10-9-20)7-8-16(15)23(12)19(26)27-14-5-3-2-4-6-14/h2-8,11-12H,9-10,20H2,1H3,(H,21,25)(H,22,24). The molecule has 3 rings (SSSR count). The monoisotopic (exact) mass is 368 g/mol. The SMILES string of the molecule is CC1C(=O)Nc2cc(C(=O)NCCN)ccc2N1C(=O)Oc1ccccc1. The van der Waals surface area contributed by atoms with Crippen molar-refractivity contribution in [3.63, 3.8) is 0 Å². The Morgan fingerprint density at radius 3 is 2.67 bits per heavy atom. The maximum absolute atomic E-state index is 12.7. The molecule has 1 unspecified atom stereocenters. The zero-order chi connectivity index (χ0) is 19.4. The van der Waals surface area contributed by atoms with E-state index in [2.05, 4.69) is 10.6 Å². The average Bonchev–Trinajstić information content (AvgIpc) is 2.67. The Morgan fingerprint density at radius 2 is 1.96 bits per heavy atom. The molecule has 2 aromatic carbocycles. The van der Waals surface area contributed by atoms with Gasteiger partial charge in [-0.3, -0.25) is 14.5 Å². The van der Waals surface area contributed by atoms with Crippen molar-refractivity contribution in [2.75, 3.05) is 23.3 Å². The third-order valence-electron chi connectivity index (χ3n) is 4.12. The second-order valence-electron chi connectivity index (χ2n) is 5.99. The highest BCUT2D eigenvalue weighted by Crippen LogP contribution is 2.33. The van der Waals surface area contributed by atoms with Crippen molar-refractivity contribution < 1.29 is 19.1 Å². The minimum absolute atomic E-state index is 0.311. The molecule has 0 saturated heterocycles. The number of amides is 3. The molecule has 0 spiro atoms. The molecule has 4 N–H and O–H groups in total. The molecule has 2 aromatic rings. The Morgan fingerprint density at radius 1 is 1.22 bits per heavy atom. The number of para-hydroxylation sites is 1. The fraction of sp³-hybridized carbons (Fsp3) is 0.211. The second-order valence-corrected chi connectivity index (χ2v) is 5.99. The normalized spacial score (nSPS) is 15.6. The number of fused-ring (bicyclic) bond motifs is 1. The Labute approximate surface area is 156 Å². The van der Waals surface area contributed by atoms with Crippen LogP contribution in [0, 0.1) is 0 Å². The van der Waals surface area contributed by atoms with E-state index in [0.29, 0.717) is 35.8 Å². The highest BCUT2D eigenvalue weighted by molar-refractivity contribution is 6.11. The lowest BCUT2D eigenvalue weighted by molar-refractivity contribution is -0.117. The number of carbonyl (C=O) groups is 3. The van der Waals surface area contributed by atoms with Gasteiger partial charge in [0.15, 0.2) is 0 Å². The molecule has 0 saturated carbocycles. The van der Waals surface area contributed by atoms with Gasteiger partial charge in [-0.05, 0) is 37.3 Å². The van der Waals surface area contributed by atoms with Crippen molar-refractivity contribution in [3.05, 3.63) is 54.1 Å². The van der Waals surface area contributed by atoms with Crippen molar-refractivity contribution >= 4 is 29.3 Å². The summed E-state index contributed by atoms with van der Waals surface area (Å²) >= 11 is 0. The summed E-state index contributed by atoms with van der Waals surface area (Å²) in [5, 5.41) is 5.38. The lowest BCUT2D eigenvalue weighted by Crippen LogP contribution is -2.50. The number of hydrogen-bond donors (Lipinski definition) is 3. The number of rotatable bonds is 4. The Balaban J connectivity index is 1.89. The van der Waals surface area contributed by atoms with Gasteiger partial charge in [-0.2, -0.15) is 0 Å². The van der Waals surface area contributed by atoms with Gasteiger partial charge in [-0.25, -0.2) is 4.79 Å². The van der Waals surface area contributed by atoms with E-state index in [1.54, 1.807) is 49.4 Å². The molecule has 0 bridgehead atoms. The molecule has 0 fully saturated rings. The first-order valence-electron chi connectivity index (χ1n) is 8.50. The zero-order valence-electron chi connectivity index (χ0n) is 14.8.